The van der Waals surface area contributed by atoms with Crippen molar-refractivity contribution < 1.29 is 20.1 Å². The molecule has 0 aromatic rings. The first-order chi connectivity index (χ1) is 6.11. The van der Waals surface area contributed by atoms with Gasteiger partial charge in [0.25, 0.3) is 0 Å². The van der Waals surface area contributed by atoms with E-state index in [9.17, 15) is 10.2 Å². The molecule has 78 valence electrons. The summed E-state index contributed by atoms with van der Waals surface area (Å²) in [7, 11) is 1.67. The Balaban J connectivity index is 2.60. The molecule has 0 spiro atoms. The summed E-state index contributed by atoms with van der Waals surface area (Å²) in [5.74, 6) is 0. The van der Waals surface area contributed by atoms with E-state index in [0.29, 0.717) is 0 Å². The molecular formula is C7H16N2O4. The molecule has 0 aliphatic carbocycles. The summed E-state index contributed by atoms with van der Waals surface area (Å²) in [6, 6.07) is 0. The molecule has 1 aliphatic rings. The molecule has 0 bridgehead atoms. The van der Waals surface area contributed by atoms with Crippen LogP contribution in [0.3, 0.4) is 0 Å². The van der Waals surface area contributed by atoms with E-state index in [1.54, 1.807) is 11.9 Å². The van der Waals surface area contributed by atoms with Crippen molar-refractivity contribution in [3.63, 3.8) is 0 Å². The van der Waals surface area contributed by atoms with Crippen LogP contribution in [0.1, 0.15) is 0 Å². The number of aliphatic hydroxyl groups excluding tert-OH is 3. The second-order valence-corrected chi connectivity index (χ2v) is 3.17. The lowest BCUT2D eigenvalue weighted by Crippen LogP contribution is -2.44. The van der Waals surface area contributed by atoms with Crippen molar-refractivity contribution in [2.24, 2.45) is 5.73 Å². The largest absolute Gasteiger partial charge is 0.394 e. The normalized spacial score (nSPS) is 40.2. The van der Waals surface area contributed by atoms with E-state index >= 15 is 0 Å². The van der Waals surface area contributed by atoms with Crippen LogP contribution in [0.2, 0.25) is 0 Å². The summed E-state index contributed by atoms with van der Waals surface area (Å²) in [5.41, 5.74) is 5.34. The van der Waals surface area contributed by atoms with Gasteiger partial charge in [0.15, 0.2) is 0 Å². The van der Waals surface area contributed by atoms with Crippen molar-refractivity contribution in [1.29, 1.82) is 0 Å². The van der Waals surface area contributed by atoms with Crippen molar-refractivity contribution in [3.8, 4) is 0 Å². The Morgan fingerprint density at radius 3 is 2.38 bits per heavy atom. The Morgan fingerprint density at radius 2 is 2.00 bits per heavy atom. The lowest BCUT2D eigenvalue weighted by atomic mass is 10.1. The Labute approximate surface area is 76.5 Å². The van der Waals surface area contributed by atoms with Gasteiger partial charge in [0.1, 0.15) is 24.5 Å². The van der Waals surface area contributed by atoms with E-state index in [1.165, 1.54) is 0 Å². The summed E-state index contributed by atoms with van der Waals surface area (Å²) >= 11 is 0. The maximum absolute atomic E-state index is 9.48. The molecule has 0 aromatic heterocycles. The van der Waals surface area contributed by atoms with E-state index in [1.807, 2.05) is 0 Å². The zero-order valence-electron chi connectivity index (χ0n) is 7.50. The zero-order chi connectivity index (χ0) is 10.0. The van der Waals surface area contributed by atoms with Gasteiger partial charge in [-0.05, 0) is 7.05 Å². The molecule has 1 saturated heterocycles. The highest BCUT2D eigenvalue weighted by atomic mass is 16.6. The summed E-state index contributed by atoms with van der Waals surface area (Å²) < 4.78 is 5.18. The van der Waals surface area contributed by atoms with Crippen LogP contribution in [0.4, 0.5) is 0 Å². The molecule has 0 aromatic carbocycles. The number of nitrogens with zero attached hydrogens (tertiary/aromatic N) is 1. The van der Waals surface area contributed by atoms with Crippen molar-refractivity contribution in [3.05, 3.63) is 0 Å². The third kappa shape index (κ3) is 1.98. The smallest absolute Gasteiger partial charge is 0.140 e. The van der Waals surface area contributed by atoms with Gasteiger partial charge in [0, 0.05) is 6.67 Å². The fraction of sp³-hybridized carbons (Fsp3) is 1.00. The Morgan fingerprint density at radius 1 is 1.38 bits per heavy atom. The Bertz CT molecular complexity index is 169. The van der Waals surface area contributed by atoms with Gasteiger partial charge in [-0.25, -0.2) is 0 Å². The molecule has 2 unspecified atom stereocenters. The molecule has 5 N–H and O–H groups in total. The third-order valence-electron chi connectivity index (χ3n) is 2.24. The van der Waals surface area contributed by atoms with E-state index < -0.39 is 24.5 Å². The van der Waals surface area contributed by atoms with Crippen molar-refractivity contribution in [1.82, 2.24) is 4.90 Å². The van der Waals surface area contributed by atoms with Gasteiger partial charge in [0.2, 0.25) is 0 Å². The standard InChI is InChI=1S/C7H16N2O4/c1-9(3-8)7-6(12)5(11)4(2-10)13-7/h4-7,10-12H,2-3,8H2,1H3/t4-,5?,6?,7-/m0/s1. The number of hydrogen-bond donors (Lipinski definition) is 4. The maximum Gasteiger partial charge on any atom is 0.140 e. The molecule has 1 heterocycles. The zero-order valence-corrected chi connectivity index (χ0v) is 7.50. The predicted octanol–water partition coefficient (Wildman–Crippen LogP) is -2.73. The number of rotatable bonds is 3. The van der Waals surface area contributed by atoms with Gasteiger partial charge >= 0.3 is 0 Å². The van der Waals surface area contributed by atoms with Crippen LogP contribution in [0.25, 0.3) is 0 Å². The maximum atomic E-state index is 9.48. The van der Waals surface area contributed by atoms with E-state index in [0.717, 1.165) is 0 Å². The molecule has 6 heteroatoms. The first-order valence-electron chi connectivity index (χ1n) is 4.14. The SMILES string of the molecule is CN(CN)[C@H]1O[C@@H](CO)C(O)C1O. The number of aliphatic hydroxyl groups is 3. The van der Waals surface area contributed by atoms with Gasteiger partial charge in [0.05, 0.1) is 6.61 Å². The minimum atomic E-state index is -1.05. The van der Waals surface area contributed by atoms with Gasteiger partial charge in [-0.3, -0.25) is 4.90 Å². The summed E-state index contributed by atoms with van der Waals surface area (Å²) in [6.45, 7) is -0.0975. The van der Waals surface area contributed by atoms with E-state index in [2.05, 4.69) is 0 Å². The molecule has 13 heavy (non-hydrogen) atoms. The van der Waals surface area contributed by atoms with Crippen LogP contribution < -0.4 is 5.73 Å². The summed E-state index contributed by atoms with van der Waals surface area (Å²) in [4.78, 5) is 1.56. The fourth-order valence-corrected chi connectivity index (χ4v) is 1.35. The Kier molecular flexibility index (Phi) is 3.60. The molecule has 1 aliphatic heterocycles. The second-order valence-electron chi connectivity index (χ2n) is 3.17. The molecule has 1 fully saturated rings. The van der Waals surface area contributed by atoms with Crippen LogP contribution in [-0.2, 0) is 4.74 Å². The molecule has 4 atom stereocenters. The van der Waals surface area contributed by atoms with Crippen molar-refractivity contribution in [2.75, 3.05) is 20.3 Å². The summed E-state index contributed by atoms with van der Waals surface area (Å²) in [6.07, 6.45) is -3.44. The lowest BCUT2D eigenvalue weighted by Gasteiger charge is -2.24. The van der Waals surface area contributed by atoms with Crippen LogP contribution in [0.5, 0.6) is 0 Å². The van der Waals surface area contributed by atoms with Crippen LogP contribution in [0.15, 0.2) is 0 Å². The van der Waals surface area contributed by atoms with E-state index in [-0.39, 0.29) is 13.3 Å². The quantitative estimate of drug-likeness (QED) is 0.362. The van der Waals surface area contributed by atoms with E-state index in [4.69, 9.17) is 15.6 Å². The van der Waals surface area contributed by atoms with Crippen molar-refractivity contribution in [2.45, 2.75) is 24.5 Å². The lowest BCUT2D eigenvalue weighted by molar-refractivity contribution is -0.0870. The monoisotopic (exact) mass is 192 g/mol. The first kappa shape index (κ1) is 10.8. The molecule has 0 radical (unpaired) electrons. The van der Waals surface area contributed by atoms with Gasteiger partial charge < -0.3 is 25.8 Å². The van der Waals surface area contributed by atoms with Gasteiger partial charge in [-0.1, -0.05) is 0 Å². The number of hydrogen-bond acceptors (Lipinski definition) is 6. The van der Waals surface area contributed by atoms with Gasteiger partial charge in [-0.15, -0.1) is 0 Å². The highest BCUT2D eigenvalue weighted by molar-refractivity contribution is 4.89. The second kappa shape index (κ2) is 4.32. The molecule has 0 saturated carbocycles. The number of likely N-dealkylation sites (N-methyl/N-ethyl adjacent to an activating group) is 1. The predicted molar refractivity (Wildman–Crippen MR) is 44.6 cm³/mol. The number of ether oxygens (including phenoxy) is 1. The highest BCUT2D eigenvalue weighted by Crippen LogP contribution is 2.22. The van der Waals surface area contributed by atoms with Crippen LogP contribution in [-0.4, -0.2) is 65.1 Å². The number of nitrogens with two attached hydrogens (primary N) is 1. The average molecular weight is 192 g/mol. The topological polar surface area (TPSA) is 99.2 Å². The minimum absolute atomic E-state index is 0.215. The molecule has 0 amide bonds. The van der Waals surface area contributed by atoms with Crippen LogP contribution in [0, 0.1) is 0 Å². The van der Waals surface area contributed by atoms with Crippen molar-refractivity contribution >= 4 is 0 Å². The average Bonchev–Trinajstić information content (AvgIpc) is 2.43. The molecular weight excluding hydrogens is 176 g/mol. The molecule has 6 nitrogen and oxygen atoms in total. The van der Waals surface area contributed by atoms with Crippen LogP contribution >= 0.6 is 0 Å². The first-order valence-corrected chi connectivity index (χ1v) is 4.14. The van der Waals surface area contributed by atoms with Gasteiger partial charge in [-0.2, -0.15) is 0 Å². The molecule has 1 rings (SSSR count). The minimum Gasteiger partial charge on any atom is -0.394 e. The Hall–Kier alpha value is -0.240. The highest BCUT2D eigenvalue weighted by Gasteiger charge is 2.43. The fourth-order valence-electron chi connectivity index (χ4n) is 1.35. The summed E-state index contributed by atoms with van der Waals surface area (Å²) in [5, 5.41) is 27.6. The third-order valence-corrected chi connectivity index (χ3v) is 2.24.